The van der Waals surface area contributed by atoms with Gasteiger partial charge in [-0.05, 0) is 12.8 Å². The Balaban J connectivity index is 0.000000175. The Kier molecular flexibility index (Phi) is 4.14. The van der Waals surface area contributed by atoms with E-state index < -0.39 is 0 Å². The fraction of sp³-hybridized carbons (Fsp3) is 0.667. The number of hydrogen-bond acceptors (Lipinski definition) is 1. The summed E-state index contributed by atoms with van der Waals surface area (Å²) in [7, 11) is 2.05. The summed E-state index contributed by atoms with van der Waals surface area (Å²) >= 11 is 2.31. The van der Waals surface area contributed by atoms with Gasteiger partial charge in [-0.2, -0.15) is 0 Å². The largest absolute Gasteiger partial charge is 0.328 e. The van der Waals surface area contributed by atoms with Crippen molar-refractivity contribution in [3.63, 3.8) is 0 Å². The van der Waals surface area contributed by atoms with E-state index >= 15 is 0 Å². The molecule has 1 aliphatic carbocycles. The van der Waals surface area contributed by atoms with Gasteiger partial charge in [-0.1, -0.05) is 0 Å². The minimum atomic E-state index is 0.583. The second kappa shape index (κ2) is 4.92. The number of aromatic nitrogens is 2. The Hall–Kier alpha value is -0.142. The molecule has 2 N–H and O–H groups in total. The van der Waals surface area contributed by atoms with Crippen molar-refractivity contribution in [2.24, 2.45) is 12.8 Å². The summed E-state index contributed by atoms with van der Waals surface area (Å²) in [6.07, 6.45) is 6.67. The molecule has 1 aromatic rings. The van der Waals surface area contributed by atoms with E-state index in [2.05, 4.69) is 54.9 Å². The maximum absolute atomic E-state index is 5.22. The maximum Gasteiger partial charge on any atom is 0.00399 e. The Morgan fingerprint density at radius 3 is 2.23 bits per heavy atom. The average Bonchev–Trinajstić information content (AvgIpc) is 2.82. The molecule has 0 spiro atoms. The topological polar surface area (TPSA) is 35.9 Å². The van der Waals surface area contributed by atoms with Crippen LogP contribution in [0.25, 0.3) is 0 Å². The average molecular weight is 362 g/mol. The number of aryl methyl sites for hydroxylation is 2. The van der Waals surface area contributed by atoms with Crippen molar-refractivity contribution in [1.82, 2.24) is 9.13 Å². The summed E-state index contributed by atoms with van der Waals surface area (Å²) in [5.41, 5.74) is 5.22. The molecule has 0 unspecified atom stereocenters. The van der Waals surface area contributed by atoms with E-state index in [1.165, 1.54) is 16.6 Å². The van der Waals surface area contributed by atoms with Gasteiger partial charge < -0.3 is 5.73 Å². The molecule has 13 heavy (non-hydrogen) atoms. The molecule has 1 aliphatic rings. The van der Waals surface area contributed by atoms with Crippen molar-refractivity contribution < 1.29 is 19.4 Å². The fourth-order valence-electron chi connectivity index (χ4n) is 0.819. The Morgan fingerprint density at radius 2 is 2.08 bits per heavy atom. The third-order valence-corrected chi connectivity index (χ3v) is 3.38. The van der Waals surface area contributed by atoms with Crippen LogP contribution in [0.3, 0.4) is 0 Å². The van der Waals surface area contributed by atoms with E-state index in [0.29, 0.717) is 6.04 Å². The quantitative estimate of drug-likeness (QED) is 0.796. The van der Waals surface area contributed by atoms with Gasteiger partial charge in [-0.25, -0.2) is 0 Å². The first-order valence-electron chi connectivity index (χ1n) is 4.58. The first-order valence-corrected chi connectivity index (χ1v) is 5.71. The smallest absolute Gasteiger partial charge is 0.00399 e. The van der Waals surface area contributed by atoms with Gasteiger partial charge in [-0.3, -0.25) is 0 Å². The zero-order chi connectivity index (χ0) is 9.84. The summed E-state index contributed by atoms with van der Waals surface area (Å²) in [6, 6.07) is 0.583. The second-order valence-electron chi connectivity index (χ2n) is 3.27. The van der Waals surface area contributed by atoms with Crippen molar-refractivity contribution in [2.75, 3.05) is 0 Å². The van der Waals surface area contributed by atoms with Crippen LogP contribution in [0, 0.1) is 3.80 Å². The number of nitrogens with zero attached hydrogens (tertiary/aromatic N) is 2. The normalized spacial score (nSPS) is 15.2. The molecule has 2 rings (SSSR count). The zero-order valence-corrected chi connectivity index (χ0v) is 10.4. The minimum absolute atomic E-state index is 0.583. The van der Waals surface area contributed by atoms with Crippen molar-refractivity contribution in [3.05, 3.63) is 16.2 Å². The van der Waals surface area contributed by atoms with Crippen molar-refractivity contribution in [1.29, 1.82) is 0 Å². The first kappa shape index (κ1) is 10.9. The second-order valence-corrected chi connectivity index (χ2v) is 4.29. The minimum Gasteiger partial charge on any atom is -0.328 e. The Morgan fingerprint density at radius 1 is 1.54 bits per heavy atom. The van der Waals surface area contributed by atoms with Crippen LogP contribution in [0.15, 0.2) is 12.4 Å². The predicted molar refractivity (Wildman–Crippen MR) is 49.5 cm³/mol. The van der Waals surface area contributed by atoms with Crippen LogP contribution in [-0.2, 0) is 32.9 Å². The van der Waals surface area contributed by atoms with Gasteiger partial charge in [0.25, 0.3) is 0 Å². The van der Waals surface area contributed by atoms with Gasteiger partial charge in [0.15, 0.2) is 0 Å². The molecule has 1 aromatic heterocycles. The van der Waals surface area contributed by atoms with E-state index in [1.807, 2.05) is 0 Å². The van der Waals surface area contributed by atoms with E-state index in [4.69, 9.17) is 5.73 Å². The van der Waals surface area contributed by atoms with Crippen LogP contribution < -0.4 is 5.73 Å². The SMILES string of the molecule is CCn1ccn(C)[c]1=[Pt].NC1CC1. The third-order valence-electron chi connectivity index (χ3n) is 1.92. The number of imidazole rings is 1. The van der Waals surface area contributed by atoms with Gasteiger partial charge in [-0.15, -0.1) is 0 Å². The molecular weight excluding hydrogens is 345 g/mol. The van der Waals surface area contributed by atoms with Gasteiger partial charge in [0, 0.05) is 6.04 Å². The molecule has 78 valence electrons. The number of hydrogen-bond donors (Lipinski definition) is 1. The molecule has 0 aromatic carbocycles. The summed E-state index contributed by atoms with van der Waals surface area (Å²) in [5, 5.41) is 0. The van der Waals surface area contributed by atoms with E-state index in [0.717, 1.165) is 6.54 Å². The third kappa shape index (κ3) is 3.61. The van der Waals surface area contributed by atoms with Crippen LogP contribution in [0.4, 0.5) is 0 Å². The van der Waals surface area contributed by atoms with Crippen molar-refractivity contribution in [2.45, 2.75) is 32.4 Å². The zero-order valence-electron chi connectivity index (χ0n) is 8.14. The molecule has 0 amide bonds. The number of rotatable bonds is 1. The number of nitrogens with two attached hydrogens (primary N) is 1. The van der Waals surface area contributed by atoms with Crippen LogP contribution in [0.5, 0.6) is 0 Å². The Bertz CT molecular complexity index is 309. The predicted octanol–water partition coefficient (Wildman–Crippen LogP) is 1.03. The summed E-state index contributed by atoms with van der Waals surface area (Å²) < 4.78 is 5.57. The van der Waals surface area contributed by atoms with Gasteiger partial charge in [0.2, 0.25) is 0 Å². The van der Waals surface area contributed by atoms with Crippen LogP contribution in [-0.4, -0.2) is 15.2 Å². The fourth-order valence-corrected chi connectivity index (χ4v) is 1.52. The van der Waals surface area contributed by atoms with Crippen LogP contribution >= 0.6 is 0 Å². The summed E-state index contributed by atoms with van der Waals surface area (Å²) in [6.45, 7) is 3.20. The van der Waals surface area contributed by atoms with Gasteiger partial charge >= 0.3 is 65.2 Å². The molecule has 0 atom stereocenters. The van der Waals surface area contributed by atoms with E-state index in [9.17, 15) is 0 Å². The summed E-state index contributed by atoms with van der Waals surface area (Å²) in [5.74, 6) is 0. The molecular formula is C9H17N3Pt. The Labute approximate surface area is 90.0 Å². The molecule has 0 radical (unpaired) electrons. The standard InChI is InChI=1S/C6H10N2.C3H7N.Pt/c1-3-8-5-4-7(2)6-8;4-3-1-2-3;/h4-5H,3H2,1-2H3;3H,1-2,4H2;. The molecule has 4 heteroatoms. The molecule has 3 nitrogen and oxygen atoms in total. The monoisotopic (exact) mass is 362 g/mol. The molecule has 0 saturated heterocycles. The molecule has 1 fully saturated rings. The van der Waals surface area contributed by atoms with Crippen molar-refractivity contribution in [3.8, 4) is 0 Å². The molecule has 0 bridgehead atoms. The first-order chi connectivity index (χ1) is 6.15. The summed E-state index contributed by atoms with van der Waals surface area (Å²) in [4.78, 5) is 0. The van der Waals surface area contributed by atoms with E-state index in [-0.39, 0.29) is 0 Å². The molecule has 0 aliphatic heterocycles. The maximum atomic E-state index is 5.22. The van der Waals surface area contributed by atoms with Crippen molar-refractivity contribution >= 4 is 0 Å². The molecule has 1 heterocycles. The van der Waals surface area contributed by atoms with Gasteiger partial charge in [0.05, 0.1) is 0 Å². The molecule has 1 saturated carbocycles. The van der Waals surface area contributed by atoms with Gasteiger partial charge in [0.1, 0.15) is 0 Å². The van der Waals surface area contributed by atoms with E-state index in [1.54, 1.807) is 0 Å². The van der Waals surface area contributed by atoms with Crippen LogP contribution in [0.1, 0.15) is 19.8 Å². The van der Waals surface area contributed by atoms with Crippen LogP contribution in [0.2, 0.25) is 0 Å².